The molecule has 1 aromatic heterocycles. The Kier molecular flexibility index (Phi) is 6.56. The van der Waals surface area contributed by atoms with E-state index >= 15 is 0 Å². The molecule has 0 atom stereocenters. The Bertz CT molecular complexity index is 1080. The topological polar surface area (TPSA) is 96.0 Å². The Morgan fingerprint density at radius 3 is 2.58 bits per heavy atom. The summed E-state index contributed by atoms with van der Waals surface area (Å²) in [5.74, 6) is 0.399. The molecule has 1 saturated heterocycles. The van der Waals surface area contributed by atoms with Gasteiger partial charge in [-0.05, 0) is 36.6 Å². The Morgan fingerprint density at radius 2 is 1.90 bits per heavy atom. The van der Waals surface area contributed by atoms with Crippen LogP contribution >= 0.6 is 23.1 Å². The zero-order valence-corrected chi connectivity index (χ0v) is 19.4. The lowest BCUT2D eigenvalue weighted by molar-refractivity contribution is -0.123. The summed E-state index contributed by atoms with van der Waals surface area (Å²) in [6.07, 6.45) is 1.72. The number of benzene rings is 1. The first kappa shape index (κ1) is 22.1. The zero-order chi connectivity index (χ0) is 22.0. The minimum Gasteiger partial charge on any atom is -0.497 e. The number of rotatable bonds is 7. The molecule has 2 aliphatic rings. The molecule has 4 rings (SSSR count). The highest BCUT2D eigenvalue weighted by Gasteiger charge is 2.34. The van der Waals surface area contributed by atoms with Crippen molar-refractivity contribution >= 4 is 50.6 Å². The van der Waals surface area contributed by atoms with Gasteiger partial charge in [0.2, 0.25) is 11.8 Å². The van der Waals surface area contributed by atoms with Gasteiger partial charge >= 0.3 is 0 Å². The Morgan fingerprint density at radius 1 is 1.19 bits per heavy atom. The molecule has 0 radical (unpaired) electrons. The van der Waals surface area contributed by atoms with Gasteiger partial charge in [0.15, 0.2) is 0 Å². The average Bonchev–Trinajstić information content (AvgIpc) is 3.45. The van der Waals surface area contributed by atoms with E-state index in [2.05, 4.69) is 5.32 Å². The van der Waals surface area contributed by atoms with Crippen molar-refractivity contribution in [1.82, 2.24) is 9.62 Å². The molecule has 11 heteroatoms. The zero-order valence-electron chi connectivity index (χ0n) is 17.0. The number of anilines is 1. The lowest BCUT2D eigenvalue weighted by Gasteiger charge is -2.25. The van der Waals surface area contributed by atoms with Crippen LogP contribution in [0.4, 0.5) is 5.69 Å². The minimum atomic E-state index is -3.56. The number of ether oxygens (including phenoxy) is 1. The standard InChI is InChI=1S/C20H23N3O5S3/c1-28-15-6-4-14(5-7-15)11-21-17(24)12-23-16-10-19(30-20(16)29-13-18(23)25)31(26,27)22-8-2-3-9-22/h4-7,10H,2-3,8-9,11-13H2,1H3,(H,21,24). The van der Waals surface area contributed by atoms with Gasteiger partial charge in [-0.1, -0.05) is 12.1 Å². The van der Waals surface area contributed by atoms with E-state index in [1.807, 2.05) is 24.3 Å². The van der Waals surface area contributed by atoms with Crippen molar-refractivity contribution in [2.24, 2.45) is 0 Å². The molecule has 3 heterocycles. The monoisotopic (exact) mass is 481 g/mol. The summed E-state index contributed by atoms with van der Waals surface area (Å²) in [6, 6.07) is 8.87. The van der Waals surface area contributed by atoms with E-state index in [0.29, 0.717) is 25.3 Å². The van der Waals surface area contributed by atoms with Crippen LogP contribution in [0, 0.1) is 0 Å². The van der Waals surface area contributed by atoms with Crippen molar-refractivity contribution < 1.29 is 22.7 Å². The number of sulfonamides is 1. The van der Waals surface area contributed by atoms with Crippen LogP contribution in [0.5, 0.6) is 5.75 Å². The molecule has 2 aliphatic heterocycles. The molecule has 0 aliphatic carbocycles. The van der Waals surface area contributed by atoms with Crippen LogP contribution in [-0.2, 0) is 26.2 Å². The van der Waals surface area contributed by atoms with Crippen molar-refractivity contribution in [1.29, 1.82) is 0 Å². The van der Waals surface area contributed by atoms with Crippen LogP contribution < -0.4 is 15.0 Å². The molecule has 0 spiro atoms. The number of thioether (sulfide) groups is 1. The van der Waals surface area contributed by atoms with E-state index in [1.54, 1.807) is 7.11 Å². The highest BCUT2D eigenvalue weighted by atomic mass is 32.3. The largest absolute Gasteiger partial charge is 0.497 e. The summed E-state index contributed by atoms with van der Waals surface area (Å²) in [4.78, 5) is 26.4. The predicted octanol–water partition coefficient (Wildman–Crippen LogP) is 2.30. The third-order valence-corrected chi connectivity index (χ3v) is 9.92. The van der Waals surface area contributed by atoms with Crippen LogP contribution in [-0.4, -0.2) is 57.0 Å². The van der Waals surface area contributed by atoms with Crippen molar-refractivity contribution in [3.8, 4) is 5.75 Å². The molecule has 1 aromatic carbocycles. The maximum absolute atomic E-state index is 12.9. The number of carbonyl (C=O) groups excluding carboxylic acids is 2. The quantitative estimate of drug-likeness (QED) is 0.652. The highest BCUT2D eigenvalue weighted by molar-refractivity contribution is 8.02. The highest BCUT2D eigenvalue weighted by Crippen LogP contribution is 2.44. The number of carbonyl (C=O) groups is 2. The molecular weight excluding hydrogens is 458 g/mol. The first-order valence-electron chi connectivity index (χ1n) is 9.85. The van der Waals surface area contributed by atoms with Crippen molar-refractivity contribution in [2.45, 2.75) is 27.8 Å². The average molecular weight is 482 g/mol. The van der Waals surface area contributed by atoms with Crippen LogP contribution in [0.3, 0.4) is 0 Å². The van der Waals surface area contributed by atoms with E-state index in [4.69, 9.17) is 4.74 Å². The number of fused-ring (bicyclic) bond motifs is 1. The Hall–Kier alpha value is -2.08. The van der Waals surface area contributed by atoms with Gasteiger partial charge < -0.3 is 15.0 Å². The van der Waals surface area contributed by atoms with Gasteiger partial charge in [0.25, 0.3) is 10.0 Å². The third kappa shape index (κ3) is 4.74. The number of thiophene rings is 1. The van der Waals surface area contributed by atoms with Gasteiger partial charge in [-0.15, -0.1) is 23.1 Å². The Labute approximate surface area is 189 Å². The van der Waals surface area contributed by atoms with E-state index in [0.717, 1.165) is 28.4 Å². The Balaban J connectivity index is 1.46. The molecule has 2 amide bonds. The molecule has 0 saturated carbocycles. The fourth-order valence-corrected chi connectivity index (χ4v) is 7.91. The smallest absolute Gasteiger partial charge is 0.252 e. The second-order valence-corrected chi connectivity index (χ2v) is 11.7. The SMILES string of the molecule is COc1ccc(CNC(=O)CN2C(=O)CSc3sc(S(=O)(=O)N4CCCC4)cc32)cc1. The third-order valence-electron chi connectivity index (χ3n) is 5.19. The van der Waals surface area contributed by atoms with E-state index < -0.39 is 10.0 Å². The summed E-state index contributed by atoms with van der Waals surface area (Å²) >= 11 is 2.49. The first-order chi connectivity index (χ1) is 14.9. The van der Waals surface area contributed by atoms with Gasteiger partial charge in [-0.25, -0.2) is 8.42 Å². The van der Waals surface area contributed by atoms with Crippen LogP contribution in [0.2, 0.25) is 0 Å². The van der Waals surface area contributed by atoms with Crippen LogP contribution in [0.25, 0.3) is 0 Å². The fraction of sp³-hybridized carbons (Fsp3) is 0.400. The maximum Gasteiger partial charge on any atom is 0.252 e. The minimum absolute atomic E-state index is 0.150. The molecular formula is C20H23N3O5S3. The number of amides is 2. The second kappa shape index (κ2) is 9.19. The number of hydrogen-bond donors (Lipinski definition) is 1. The molecule has 0 unspecified atom stereocenters. The van der Waals surface area contributed by atoms with Crippen molar-refractivity contribution in [2.75, 3.05) is 37.4 Å². The molecule has 2 aromatic rings. The fourth-order valence-electron chi connectivity index (χ4n) is 3.47. The van der Waals surface area contributed by atoms with Gasteiger partial charge in [0.05, 0.1) is 22.8 Å². The van der Waals surface area contributed by atoms with Gasteiger partial charge in [0.1, 0.15) is 16.5 Å². The number of methoxy groups -OCH3 is 1. The number of nitrogens with zero attached hydrogens (tertiary/aromatic N) is 2. The summed E-state index contributed by atoms with van der Waals surface area (Å²) in [6.45, 7) is 1.22. The van der Waals surface area contributed by atoms with E-state index in [1.165, 1.54) is 38.4 Å². The molecule has 1 fully saturated rings. The van der Waals surface area contributed by atoms with Gasteiger partial charge in [0, 0.05) is 19.6 Å². The normalized spacial score (nSPS) is 16.9. The van der Waals surface area contributed by atoms with Crippen LogP contribution in [0.15, 0.2) is 38.8 Å². The lowest BCUT2D eigenvalue weighted by atomic mass is 10.2. The van der Waals surface area contributed by atoms with Crippen molar-refractivity contribution in [3.05, 3.63) is 35.9 Å². The molecule has 31 heavy (non-hydrogen) atoms. The van der Waals surface area contributed by atoms with Gasteiger partial charge in [-0.2, -0.15) is 4.31 Å². The number of nitrogens with one attached hydrogen (secondary N) is 1. The molecule has 0 bridgehead atoms. The lowest BCUT2D eigenvalue weighted by Crippen LogP contribution is -2.42. The van der Waals surface area contributed by atoms with E-state index in [-0.39, 0.29) is 28.3 Å². The molecule has 166 valence electrons. The number of hydrogen-bond acceptors (Lipinski definition) is 7. The maximum atomic E-state index is 12.9. The summed E-state index contributed by atoms with van der Waals surface area (Å²) in [7, 11) is -1.98. The van der Waals surface area contributed by atoms with Crippen molar-refractivity contribution in [3.63, 3.8) is 0 Å². The van der Waals surface area contributed by atoms with E-state index in [9.17, 15) is 18.0 Å². The van der Waals surface area contributed by atoms with Crippen LogP contribution in [0.1, 0.15) is 18.4 Å². The first-order valence-corrected chi connectivity index (χ1v) is 13.1. The summed E-state index contributed by atoms with van der Waals surface area (Å²) < 4.78 is 33.4. The predicted molar refractivity (Wildman–Crippen MR) is 120 cm³/mol. The second-order valence-electron chi connectivity index (χ2n) is 7.24. The summed E-state index contributed by atoms with van der Waals surface area (Å²) in [5.41, 5.74) is 1.41. The molecule has 8 nitrogen and oxygen atoms in total. The van der Waals surface area contributed by atoms with Gasteiger partial charge in [-0.3, -0.25) is 9.59 Å². The summed E-state index contributed by atoms with van der Waals surface area (Å²) in [5, 5.41) is 2.81. The molecule has 1 N–H and O–H groups in total.